The number of aryl methyl sites for hydroxylation is 1. The van der Waals surface area contributed by atoms with Gasteiger partial charge in [-0.1, -0.05) is 24.3 Å². The van der Waals surface area contributed by atoms with Crippen LogP contribution in [0.15, 0.2) is 48.8 Å². The Morgan fingerprint density at radius 1 is 1.18 bits per heavy atom. The van der Waals surface area contributed by atoms with E-state index in [1.807, 2.05) is 19.2 Å². The minimum Gasteiger partial charge on any atom is -0.450 e. The minimum absolute atomic E-state index is 0.0918. The summed E-state index contributed by atoms with van der Waals surface area (Å²) in [6.45, 7) is 7.29. The highest BCUT2D eigenvalue weighted by atomic mass is 16.6. The zero-order valence-electron chi connectivity index (χ0n) is 16.4. The third kappa shape index (κ3) is 3.47. The van der Waals surface area contributed by atoms with Crippen molar-refractivity contribution < 1.29 is 9.53 Å². The fourth-order valence-corrected chi connectivity index (χ4v) is 4.13. The van der Waals surface area contributed by atoms with Crippen LogP contribution in [0.4, 0.5) is 4.79 Å². The maximum atomic E-state index is 12.1. The summed E-state index contributed by atoms with van der Waals surface area (Å²) >= 11 is 0. The molecule has 0 bridgehead atoms. The molecule has 0 radical (unpaired) electrons. The molecule has 1 saturated heterocycles. The number of hydrogen-bond acceptors (Lipinski definition) is 4. The number of ether oxygens (including phenoxy) is 1. The summed E-state index contributed by atoms with van der Waals surface area (Å²) in [6, 6.07) is 12.6. The van der Waals surface area contributed by atoms with E-state index in [2.05, 4.69) is 52.1 Å². The molecule has 0 saturated carbocycles. The van der Waals surface area contributed by atoms with Gasteiger partial charge in [-0.25, -0.2) is 4.79 Å². The Morgan fingerprint density at radius 2 is 1.96 bits per heavy atom. The van der Waals surface area contributed by atoms with Gasteiger partial charge >= 0.3 is 6.09 Å². The minimum atomic E-state index is -0.219. The van der Waals surface area contributed by atoms with E-state index in [1.54, 1.807) is 11.1 Å². The van der Waals surface area contributed by atoms with Gasteiger partial charge in [-0.3, -0.25) is 9.88 Å². The van der Waals surface area contributed by atoms with Crippen LogP contribution in [0.2, 0.25) is 0 Å². The van der Waals surface area contributed by atoms with Gasteiger partial charge in [0.1, 0.15) is 0 Å². The van der Waals surface area contributed by atoms with Crippen LogP contribution in [0.3, 0.4) is 0 Å². The standard InChI is InChI=1S/C22H26N4O2/c1-3-28-22(27)26-13-11-25(12-14-26)21(17-7-6-10-23-15-17)20-16(2)24-19-9-5-4-8-18(19)20/h4-10,15,21,24H,3,11-14H2,1-2H3/t21-/m1/s1. The molecule has 2 aromatic heterocycles. The van der Waals surface area contributed by atoms with Crippen molar-refractivity contribution in [3.8, 4) is 0 Å². The van der Waals surface area contributed by atoms with Crippen molar-refractivity contribution in [2.24, 2.45) is 0 Å². The van der Waals surface area contributed by atoms with Crippen LogP contribution in [0.5, 0.6) is 0 Å². The number of hydrogen-bond donors (Lipinski definition) is 1. The van der Waals surface area contributed by atoms with E-state index in [0.29, 0.717) is 19.7 Å². The van der Waals surface area contributed by atoms with Crippen molar-refractivity contribution >= 4 is 17.0 Å². The van der Waals surface area contributed by atoms with Gasteiger partial charge in [0.25, 0.3) is 0 Å². The molecule has 3 aromatic rings. The van der Waals surface area contributed by atoms with E-state index in [4.69, 9.17) is 4.74 Å². The number of piperazine rings is 1. The highest BCUT2D eigenvalue weighted by molar-refractivity contribution is 5.85. The number of carbonyl (C=O) groups excluding carboxylic acids is 1. The summed E-state index contributed by atoms with van der Waals surface area (Å²) in [5, 5.41) is 1.24. The molecule has 1 atom stereocenters. The van der Waals surface area contributed by atoms with E-state index in [0.717, 1.165) is 18.6 Å². The molecule has 3 heterocycles. The number of rotatable bonds is 4. The number of aromatic amines is 1. The van der Waals surface area contributed by atoms with Crippen LogP contribution in [0.1, 0.15) is 29.8 Å². The van der Waals surface area contributed by atoms with Crippen molar-refractivity contribution in [1.82, 2.24) is 19.8 Å². The maximum Gasteiger partial charge on any atom is 0.409 e. The SMILES string of the molecule is CCOC(=O)N1CCN([C@H](c2cccnc2)c2c(C)[nH]c3ccccc23)CC1. The number of carbonyl (C=O) groups is 1. The van der Waals surface area contributed by atoms with Crippen molar-refractivity contribution in [3.63, 3.8) is 0 Å². The third-order valence-corrected chi connectivity index (χ3v) is 5.42. The molecule has 1 fully saturated rings. The van der Waals surface area contributed by atoms with Gasteiger partial charge in [0.05, 0.1) is 12.6 Å². The Bertz CT molecular complexity index is 946. The Kier molecular flexibility index (Phi) is 5.30. The summed E-state index contributed by atoms with van der Waals surface area (Å²) < 4.78 is 5.16. The molecular formula is C22H26N4O2. The first-order valence-electron chi connectivity index (χ1n) is 9.82. The zero-order chi connectivity index (χ0) is 19.5. The van der Waals surface area contributed by atoms with Gasteiger partial charge in [0.2, 0.25) is 0 Å². The number of para-hydroxylation sites is 1. The fraction of sp³-hybridized carbons (Fsp3) is 0.364. The van der Waals surface area contributed by atoms with Crippen molar-refractivity contribution in [2.75, 3.05) is 32.8 Å². The average molecular weight is 378 g/mol. The molecule has 0 spiro atoms. The topological polar surface area (TPSA) is 61.5 Å². The molecule has 28 heavy (non-hydrogen) atoms. The van der Waals surface area contributed by atoms with Gasteiger partial charge < -0.3 is 14.6 Å². The number of aromatic nitrogens is 2. The molecule has 146 valence electrons. The van der Waals surface area contributed by atoms with Crippen LogP contribution < -0.4 is 0 Å². The van der Waals surface area contributed by atoms with Crippen molar-refractivity contribution in [2.45, 2.75) is 19.9 Å². The molecule has 6 nitrogen and oxygen atoms in total. The lowest BCUT2D eigenvalue weighted by atomic mass is 9.95. The van der Waals surface area contributed by atoms with E-state index in [-0.39, 0.29) is 12.1 Å². The number of fused-ring (bicyclic) bond motifs is 1. The van der Waals surface area contributed by atoms with E-state index < -0.39 is 0 Å². The average Bonchev–Trinajstić information content (AvgIpc) is 3.06. The highest BCUT2D eigenvalue weighted by Gasteiger charge is 2.31. The summed E-state index contributed by atoms with van der Waals surface area (Å²) in [6.07, 6.45) is 3.54. The van der Waals surface area contributed by atoms with Gasteiger partial charge in [0.15, 0.2) is 0 Å². The zero-order valence-corrected chi connectivity index (χ0v) is 16.4. The lowest BCUT2D eigenvalue weighted by molar-refractivity contribution is 0.0715. The lowest BCUT2D eigenvalue weighted by Crippen LogP contribution is -2.50. The first-order valence-corrected chi connectivity index (χ1v) is 9.82. The summed E-state index contributed by atoms with van der Waals surface area (Å²) in [4.78, 5) is 24.2. The van der Waals surface area contributed by atoms with Crippen molar-refractivity contribution in [1.29, 1.82) is 0 Å². The van der Waals surface area contributed by atoms with E-state index in [9.17, 15) is 4.79 Å². The second-order valence-electron chi connectivity index (χ2n) is 7.12. The van der Waals surface area contributed by atoms with E-state index in [1.165, 1.54) is 22.2 Å². The Labute approximate surface area is 165 Å². The molecule has 1 aromatic carbocycles. The number of nitrogens with zero attached hydrogens (tertiary/aromatic N) is 3. The van der Waals surface area contributed by atoms with Gasteiger partial charge in [-0.05, 0) is 31.5 Å². The van der Waals surface area contributed by atoms with Crippen molar-refractivity contribution in [3.05, 3.63) is 65.6 Å². The largest absolute Gasteiger partial charge is 0.450 e. The maximum absolute atomic E-state index is 12.1. The molecule has 4 rings (SSSR count). The Hall–Kier alpha value is -2.86. The van der Waals surface area contributed by atoms with Crippen LogP contribution in [-0.2, 0) is 4.74 Å². The quantitative estimate of drug-likeness (QED) is 0.751. The summed E-state index contributed by atoms with van der Waals surface area (Å²) in [7, 11) is 0. The van der Waals surface area contributed by atoms with Crippen LogP contribution in [0, 0.1) is 6.92 Å². The van der Waals surface area contributed by atoms with E-state index >= 15 is 0 Å². The smallest absolute Gasteiger partial charge is 0.409 e. The van der Waals surface area contributed by atoms with Crippen LogP contribution in [-0.4, -0.2) is 58.6 Å². The fourth-order valence-electron chi connectivity index (χ4n) is 4.13. The molecular weight excluding hydrogens is 352 g/mol. The Morgan fingerprint density at radius 3 is 2.68 bits per heavy atom. The number of amides is 1. The van der Waals surface area contributed by atoms with Gasteiger partial charge in [0, 0.05) is 60.7 Å². The number of benzene rings is 1. The normalized spacial score (nSPS) is 16.3. The predicted molar refractivity (Wildman–Crippen MR) is 109 cm³/mol. The number of pyridine rings is 1. The lowest BCUT2D eigenvalue weighted by Gasteiger charge is -2.39. The highest BCUT2D eigenvalue weighted by Crippen LogP contribution is 2.36. The molecule has 1 N–H and O–H groups in total. The molecule has 1 aliphatic heterocycles. The summed E-state index contributed by atoms with van der Waals surface area (Å²) in [5.74, 6) is 0. The first kappa shape index (κ1) is 18.5. The Balaban J connectivity index is 1.68. The monoisotopic (exact) mass is 378 g/mol. The molecule has 1 aliphatic rings. The molecule has 6 heteroatoms. The molecule has 1 amide bonds. The molecule has 0 aliphatic carbocycles. The first-order chi connectivity index (χ1) is 13.7. The second kappa shape index (κ2) is 8.02. The number of H-pyrrole nitrogens is 1. The van der Waals surface area contributed by atoms with Gasteiger partial charge in [-0.15, -0.1) is 0 Å². The third-order valence-electron chi connectivity index (χ3n) is 5.42. The summed E-state index contributed by atoms with van der Waals surface area (Å²) in [5.41, 5.74) is 4.77. The predicted octanol–water partition coefficient (Wildman–Crippen LogP) is 3.73. The molecule has 0 unspecified atom stereocenters. The van der Waals surface area contributed by atoms with Gasteiger partial charge in [-0.2, -0.15) is 0 Å². The van der Waals surface area contributed by atoms with Crippen LogP contribution in [0.25, 0.3) is 10.9 Å². The number of nitrogens with one attached hydrogen (secondary N) is 1. The van der Waals surface area contributed by atoms with Crippen LogP contribution >= 0.6 is 0 Å². The second-order valence-corrected chi connectivity index (χ2v) is 7.12.